The molecular formula is C28H33N3O4S. The number of hydrogen-bond donors (Lipinski definition) is 1. The lowest BCUT2D eigenvalue weighted by molar-refractivity contribution is -0.140. The molecule has 36 heavy (non-hydrogen) atoms. The van der Waals surface area contributed by atoms with Gasteiger partial charge < -0.3 is 9.88 Å². The van der Waals surface area contributed by atoms with E-state index >= 15 is 0 Å². The Morgan fingerprint density at radius 2 is 1.50 bits per heavy atom. The highest BCUT2D eigenvalue weighted by molar-refractivity contribution is 7.89. The summed E-state index contributed by atoms with van der Waals surface area (Å²) in [4.78, 5) is 25.9. The van der Waals surface area contributed by atoms with Crippen LogP contribution in [-0.2, 0) is 21.4 Å². The molecule has 8 heteroatoms. The molecule has 0 spiro atoms. The van der Waals surface area contributed by atoms with E-state index in [2.05, 4.69) is 5.32 Å². The van der Waals surface area contributed by atoms with Gasteiger partial charge in [0.2, 0.25) is 15.9 Å². The average Bonchev–Trinajstić information content (AvgIpc) is 2.84. The average molecular weight is 508 g/mol. The van der Waals surface area contributed by atoms with Gasteiger partial charge in [-0.1, -0.05) is 6.07 Å². The Balaban J connectivity index is 1.07. The molecule has 5 fully saturated rings. The maximum Gasteiger partial charge on any atom is 0.250 e. The fourth-order valence-corrected chi connectivity index (χ4v) is 10.1. The van der Waals surface area contributed by atoms with Crippen molar-refractivity contribution in [3.8, 4) is 0 Å². The molecule has 4 aliphatic carbocycles. The van der Waals surface area contributed by atoms with Gasteiger partial charge in [-0.2, -0.15) is 4.31 Å². The Labute approximate surface area is 211 Å². The first-order chi connectivity index (χ1) is 17.3. The fourth-order valence-electron chi connectivity index (χ4n) is 8.56. The SMILES string of the molecule is O=C(Nc1ccc(S(=O)(=O)N2C[C@H]3C[C@@H](C2)c2cccc(=O)n2C3)cc1)C12CC3CC(CC(C3)C1)C2. The van der Waals surface area contributed by atoms with Crippen LogP contribution >= 0.6 is 0 Å². The normalized spacial score (nSPS) is 34.8. The highest BCUT2D eigenvalue weighted by atomic mass is 32.2. The van der Waals surface area contributed by atoms with Gasteiger partial charge in [0.05, 0.1) is 10.3 Å². The number of carbonyl (C=O) groups excluding carboxylic acids is 1. The van der Waals surface area contributed by atoms with Crippen LogP contribution < -0.4 is 10.9 Å². The zero-order chi connectivity index (χ0) is 24.7. The molecule has 0 unspecified atom stereocenters. The molecule has 0 radical (unpaired) electrons. The number of aromatic nitrogens is 1. The predicted molar refractivity (Wildman–Crippen MR) is 136 cm³/mol. The van der Waals surface area contributed by atoms with Crippen LogP contribution in [-0.4, -0.2) is 36.3 Å². The molecule has 4 saturated carbocycles. The van der Waals surface area contributed by atoms with Gasteiger partial charge in [0.15, 0.2) is 0 Å². The third kappa shape index (κ3) is 3.59. The van der Waals surface area contributed by atoms with Crippen molar-refractivity contribution in [2.24, 2.45) is 29.1 Å². The number of pyridine rings is 1. The Hall–Kier alpha value is -2.45. The molecule has 8 rings (SSSR count). The molecule has 2 aliphatic heterocycles. The van der Waals surface area contributed by atoms with Gasteiger partial charge in [0, 0.05) is 43.0 Å². The zero-order valence-corrected chi connectivity index (χ0v) is 21.3. The first-order valence-electron chi connectivity index (χ1n) is 13.4. The summed E-state index contributed by atoms with van der Waals surface area (Å²) < 4.78 is 30.4. The molecule has 1 aromatic heterocycles. The van der Waals surface area contributed by atoms with Gasteiger partial charge in [-0.15, -0.1) is 0 Å². The van der Waals surface area contributed by atoms with E-state index in [1.54, 1.807) is 40.7 Å². The summed E-state index contributed by atoms with van der Waals surface area (Å²) in [5.41, 5.74) is 1.35. The van der Waals surface area contributed by atoms with Gasteiger partial charge in [-0.25, -0.2) is 8.42 Å². The Kier molecular flexibility index (Phi) is 5.06. The van der Waals surface area contributed by atoms with Crippen molar-refractivity contribution in [1.82, 2.24) is 8.87 Å². The summed E-state index contributed by atoms with van der Waals surface area (Å²) in [6.07, 6.45) is 7.79. The number of carbonyl (C=O) groups is 1. The van der Waals surface area contributed by atoms with Crippen molar-refractivity contribution in [3.05, 3.63) is 58.5 Å². The minimum atomic E-state index is -3.67. The van der Waals surface area contributed by atoms with E-state index < -0.39 is 10.0 Å². The fraction of sp³-hybridized carbons (Fsp3) is 0.571. The summed E-state index contributed by atoms with van der Waals surface area (Å²) in [7, 11) is -3.67. The van der Waals surface area contributed by atoms with Gasteiger partial charge in [-0.05, 0) is 98.9 Å². The largest absolute Gasteiger partial charge is 0.326 e. The molecule has 1 aromatic carbocycles. The number of sulfonamides is 1. The molecule has 1 N–H and O–H groups in total. The number of nitrogens with one attached hydrogen (secondary N) is 1. The predicted octanol–water partition coefficient (Wildman–Crippen LogP) is 3.81. The summed E-state index contributed by atoms with van der Waals surface area (Å²) >= 11 is 0. The standard InChI is InChI=1S/C28H33N3O4S/c32-26-3-1-2-25-22-11-21(16-31(25)26)15-30(17-22)36(34,35)24-6-4-23(5-7-24)29-27(33)28-12-18-8-19(13-28)10-20(9-18)14-28/h1-7,18-22H,8-17H2,(H,29,33)/t18?,19?,20?,21-,22+,28?/m1/s1. The number of amides is 1. The molecule has 3 heterocycles. The topological polar surface area (TPSA) is 88.5 Å². The van der Waals surface area contributed by atoms with Crippen LogP contribution in [0.5, 0.6) is 0 Å². The summed E-state index contributed by atoms with van der Waals surface area (Å²) in [5.74, 6) is 2.37. The van der Waals surface area contributed by atoms with Gasteiger partial charge in [-0.3, -0.25) is 9.59 Å². The van der Waals surface area contributed by atoms with Gasteiger partial charge in [0.1, 0.15) is 0 Å². The van der Waals surface area contributed by atoms with Crippen molar-refractivity contribution in [2.45, 2.75) is 62.3 Å². The summed E-state index contributed by atoms with van der Waals surface area (Å²) in [6.45, 7) is 1.36. The number of anilines is 1. The van der Waals surface area contributed by atoms with Crippen LogP contribution in [0.3, 0.4) is 0 Å². The van der Waals surface area contributed by atoms with E-state index in [-0.39, 0.29) is 33.6 Å². The smallest absolute Gasteiger partial charge is 0.250 e. The highest BCUT2D eigenvalue weighted by Gasteiger charge is 2.54. The Morgan fingerprint density at radius 1 is 0.833 bits per heavy atom. The minimum absolute atomic E-state index is 0.00955. The van der Waals surface area contributed by atoms with E-state index in [1.165, 1.54) is 19.3 Å². The second-order valence-corrected chi connectivity index (χ2v) is 14.1. The lowest BCUT2D eigenvalue weighted by atomic mass is 9.49. The third-order valence-corrected chi connectivity index (χ3v) is 11.6. The lowest BCUT2D eigenvalue weighted by Crippen LogP contribution is -2.51. The quantitative estimate of drug-likeness (QED) is 0.682. The summed E-state index contributed by atoms with van der Waals surface area (Å²) in [6, 6.07) is 12.0. The van der Waals surface area contributed by atoms with Crippen molar-refractivity contribution >= 4 is 21.6 Å². The monoisotopic (exact) mass is 507 g/mol. The first kappa shape index (κ1) is 22.7. The van der Waals surface area contributed by atoms with E-state index in [9.17, 15) is 18.0 Å². The molecular weight excluding hydrogens is 474 g/mol. The number of piperidine rings is 1. The number of nitrogens with zero attached hydrogens (tertiary/aromatic N) is 2. The molecule has 2 atom stereocenters. The number of rotatable bonds is 4. The van der Waals surface area contributed by atoms with E-state index in [0.29, 0.717) is 43.1 Å². The van der Waals surface area contributed by atoms with Crippen LogP contribution in [0.4, 0.5) is 5.69 Å². The van der Waals surface area contributed by atoms with Crippen LogP contribution in [0.2, 0.25) is 0 Å². The van der Waals surface area contributed by atoms with Crippen LogP contribution in [0.25, 0.3) is 0 Å². The first-order valence-corrected chi connectivity index (χ1v) is 14.8. The highest BCUT2D eigenvalue weighted by Crippen LogP contribution is 2.60. The Morgan fingerprint density at radius 3 is 2.17 bits per heavy atom. The van der Waals surface area contributed by atoms with Gasteiger partial charge >= 0.3 is 0 Å². The molecule has 1 amide bonds. The zero-order valence-electron chi connectivity index (χ0n) is 20.4. The molecule has 190 valence electrons. The van der Waals surface area contributed by atoms with Crippen molar-refractivity contribution in [3.63, 3.8) is 0 Å². The van der Waals surface area contributed by atoms with E-state index in [1.807, 2.05) is 10.6 Å². The number of benzene rings is 1. The second-order valence-electron chi connectivity index (χ2n) is 12.2. The van der Waals surface area contributed by atoms with Crippen LogP contribution in [0.1, 0.15) is 56.6 Å². The van der Waals surface area contributed by atoms with E-state index in [4.69, 9.17) is 0 Å². The lowest BCUT2D eigenvalue weighted by Gasteiger charge is -2.55. The molecule has 7 nitrogen and oxygen atoms in total. The van der Waals surface area contributed by atoms with Crippen LogP contribution in [0, 0.1) is 29.1 Å². The second kappa shape index (κ2) is 8.02. The molecule has 6 aliphatic rings. The number of fused-ring (bicyclic) bond motifs is 4. The summed E-state index contributed by atoms with van der Waals surface area (Å²) in [5, 5.41) is 3.13. The van der Waals surface area contributed by atoms with Crippen LogP contribution in [0.15, 0.2) is 52.2 Å². The van der Waals surface area contributed by atoms with E-state index in [0.717, 1.165) is 31.4 Å². The molecule has 2 aromatic rings. The Bertz CT molecular complexity index is 1340. The third-order valence-electron chi connectivity index (χ3n) is 9.72. The van der Waals surface area contributed by atoms with Crippen molar-refractivity contribution in [2.75, 3.05) is 18.4 Å². The van der Waals surface area contributed by atoms with Crippen molar-refractivity contribution < 1.29 is 13.2 Å². The molecule has 1 saturated heterocycles. The maximum atomic E-state index is 13.5. The van der Waals surface area contributed by atoms with Crippen molar-refractivity contribution in [1.29, 1.82) is 0 Å². The maximum absolute atomic E-state index is 13.5. The minimum Gasteiger partial charge on any atom is -0.326 e. The molecule has 6 bridgehead atoms. The number of hydrogen-bond acceptors (Lipinski definition) is 4. The van der Waals surface area contributed by atoms with Gasteiger partial charge in [0.25, 0.3) is 5.56 Å².